The molecular weight excluding hydrogens is 1050 g/mol. The number of sulfonamides is 2. The molecule has 74 heavy (non-hydrogen) atoms. The molecule has 0 atom stereocenters. The van der Waals surface area contributed by atoms with E-state index in [1.807, 2.05) is 0 Å². The van der Waals surface area contributed by atoms with Crippen LogP contribution in [0.4, 0.5) is 33.0 Å². The molecule has 0 aliphatic heterocycles. The Kier molecular flexibility index (Phi) is 17.3. The largest absolute Gasteiger partial charge is 1.00 e. The number of rotatable bonds is 17. The molecule has 8 rings (SSSR count). The Bertz CT molecular complexity index is 3580. The van der Waals surface area contributed by atoms with Gasteiger partial charge in [0, 0.05) is 53.4 Å². The monoisotopic (exact) mass is 1090 g/mol. The molecule has 6 N–H and O–H groups in total. The van der Waals surface area contributed by atoms with Gasteiger partial charge in [-0.25, -0.2) is 16.8 Å². The van der Waals surface area contributed by atoms with Crippen molar-refractivity contribution < 1.29 is 115 Å². The van der Waals surface area contributed by atoms with Crippen LogP contribution in [0.25, 0.3) is 42.9 Å². The summed E-state index contributed by atoms with van der Waals surface area (Å²) < 4.78 is 59.7. The van der Waals surface area contributed by atoms with Gasteiger partial charge < -0.3 is 40.5 Å². The summed E-state index contributed by atoms with van der Waals surface area (Å²) in [5.74, 6) is -7.40. The summed E-state index contributed by atoms with van der Waals surface area (Å²) in [5.41, 5.74) is 10.4. The number of thiazole rings is 2. The maximum Gasteiger partial charge on any atom is 1.00 e. The van der Waals surface area contributed by atoms with Gasteiger partial charge >= 0.3 is 59.1 Å². The van der Waals surface area contributed by atoms with Gasteiger partial charge in [-0.15, -0.1) is 0 Å². The van der Waals surface area contributed by atoms with Gasteiger partial charge in [0.15, 0.2) is 12.6 Å². The van der Waals surface area contributed by atoms with Crippen LogP contribution >= 0.6 is 22.7 Å². The van der Waals surface area contributed by atoms with Gasteiger partial charge in [-0.2, -0.15) is 22.7 Å². The minimum atomic E-state index is -4.18. The maximum atomic E-state index is 13.8. The Morgan fingerprint density at radius 2 is 0.878 bits per heavy atom. The number of benzene rings is 4. The molecule has 2 heterocycles. The summed E-state index contributed by atoms with van der Waals surface area (Å²) in [5, 5.41) is 27.5. The standard InChI is InChI=1S/C48H42N8O12S4.2Na/c1-21(2)31-37-35(29(19-57)41(59)45(31)63)43(61)33(23(5)39(37)53-51-25-7-11-27(12-8-25)71(65,66)55-47-49-15-17-69-47)34-24(6)40(38-32(22(3)4)46(64)42(60)30(20-58)36(38)44(34)62)54-52-26-9-13-28(14-10-26)72(67,68)56-48-50-16-18-70-48;;/h7-22H,1-6H3,(H8,49,50,51,52,53,54,55,56,57,58,59,60,61,62,63,64);;/q;2*+1/p-2. The van der Waals surface area contributed by atoms with Crippen molar-refractivity contribution in [2.75, 3.05) is 21.7 Å². The van der Waals surface area contributed by atoms with E-state index in [2.05, 4.69) is 41.1 Å². The fourth-order valence-electron chi connectivity index (χ4n) is 8.50. The molecule has 370 valence electrons. The maximum absolute atomic E-state index is 13.8. The van der Waals surface area contributed by atoms with Crippen LogP contribution in [0.5, 0.6) is 11.5 Å². The van der Waals surface area contributed by atoms with E-state index in [4.69, 9.17) is 0 Å². The van der Waals surface area contributed by atoms with E-state index in [1.54, 1.807) is 38.5 Å². The number of aromatic nitrogens is 2. The number of phenolic OH excluding ortho intramolecular Hbond substituents is 2. The van der Waals surface area contributed by atoms with Crippen LogP contribution in [0.2, 0.25) is 0 Å². The number of carbonyl (C=O) groups is 6. The Morgan fingerprint density at radius 1 is 0.541 bits per heavy atom. The van der Waals surface area contributed by atoms with Gasteiger partial charge in [0.1, 0.15) is 11.5 Å². The van der Waals surface area contributed by atoms with Crippen molar-refractivity contribution in [3.8, 4) is 22.6 Å². The van der Waals surface area contributed by atoms with Crippen molar-refractivity contribution in [3.63, 3.8) is 0 Å². The molecule has 0 radical (unpaired) electrons. The number of carbonyl (C=O) groups excluding carboxylic acids is 6. The predicted molar refractivity (Wildman–Crippen MR) is 271 cm³/mol. The molecule has 0 fully saturated rings. The fourth-order valence-corrected chi connectivity index (χ4v) is 11.8. The minimum absolute atomic E-state index is 0. The number of hydrazine groups is 2. The van der Waals surface area contributed by atoms with E-state index < -0.39 is 88.1 Å². The van der Waals surface area contributed by atoms with Gasteiger partial charge in [0.25, 0.3) is 0 Å². The average molecular weight is 1100 g/mol. The van der Waals surface area contributed by atoms with Gasteiger partial charge in [0.05, 0.1) is 43.7 Å². The van der Waals surface area contributed by atoms with Crippen LogP contribution in [-0.4, -0.2) is 72.7 Å². The molecule has 6 aromatic rings. The number of anilines is 4. The zero-order chi connectivity index (χ0) is 52.1. The molecular formula is C48H40N8Na2O12S4. The molecule has 20 nitrogen and oxygen atoms in total. The van der Waals surface area contributed by atoms with Crippen molar-refractivity contribution in [1.82, 2.24) is 9.97 Å². The second-order valence-corrected chi connectivity index (χ2v) is 21.7. The fraction of sp³-hybridized carbons (Fsp3) is 0.167. The number of ketones is 4. The van der Waals surface area contributed by atoms with E-state index in [1.165, 1.54) is 74.8 Å². The Balaban J connectivity index is 0.00000446. The van der Waals surface area contributed by atoms with E-state index in [9.17, 15) is 55.8 Å². The van der Waals surface area contributed by atoms with Crippen LogP contribution in [0, 0.1) is 25.7 Å². The molecule has 0 saturated carbocycles. The van der Waals surface area contributed by atoms with Crippen molar-refractivity contribution >= 4 is 134 Å². The first-order valence-corrected chi connectivity index (χ1v) is 26.1. The Morgan fingerprint density at radius 3 is 1.16 bits per heavy atom. The third kappa shape index (κ3) is 10.3. The number of hydrogen-bond acceptors (Lipinski definition) is 20. The zero-order valence-electron chi connectivity index (χ0n) is 40.6. The van der Waals surface area contributed by atoms with Crippen LogP contribution < -0.4 is 102 Å². The third-order valence-corrected chi connectivity index (χ3v) is 15.9. The number of fused-ring (bicyclic) bond motifs is 2. The van der Waals surface area contributed by atoms with Crippen LogP contribution in [0.15, 0.2) is 81.5 Å². The second kappa shape index (κ2) is 22.4. The van der Waals surface area contributed by atoms with Gasteiger partial charge in [-0.1, -0.05) is 40.1 Å². The summed E-state index contributed by atoms with van der Waals surface area (Å²) in [6, 6.07) is 10.7. The predicted octanol–water partition coefficient (Wildman–Crippen LogP) is -1.41. The van der Waals surface area contributed by atoms with Crippen LogP contribution in [0.1, 0.15) is 38.8 Å². The normalized spacial score (nSPS) is 13.5. The van der Waals surface area contributed by atoms with Gasteiger partial charge in [0.2, 0.25) is 43.2 Å². The quantitative estimate of drug-likeness (QED) is 0.0201. The summed E-state index contributed by atoms with van der Waals surface area (Å²) in [6.45, 7) is 9.46. The van der Waals surface area contributed by atoms with E-state index in [0.29, 0.717) is 0 Å². The SMILES string of the molecule is Cc1c(-c2c(C)c(NNc3ccc(S(=O)(=O)[N-]c4nccs4)cc3)c3c(c2O)=C(C=O)C(=O)C(=O)C=3C(C)C)c(O)c2c(c1NNc1ccc(S(=O)(=O)[N-]c3nccs3)cc1)=C(C(C)C)C(=O)C(=O)C=2C=O.[Na+].[Na+]. The first kappa shape index (κ1) is 57.2. The number of Topliss-reactive ketones (excluding diaryl/α,β-unsaturated/α-hetero) is 4. The van der Waals surface area contributed by atoms with Gasteiger partial charge in [-0.3, -0.25) is 39.6 Å². The number of nitrogens with one attached hydrogen (secondary N) is 4. The molecule has 0 bridgehead atoms. The molecule has 0 saturated heterocycles. The molecule has 4 aromatic carbocycles. The Hall–Kier alpha value is -6.06. The molecule has 2 aromatic heterocycles. The first-order valence-electron chi connectivity index (χ1n) is 21.5. The van der Waals surface area contributed by atoms with E-state index in [0.717, 1.165) is 22.7 Å². The number of hydrogen-bond donors (Lipinski definition) is 6. The van der Waals surface area contributed by atoms with Crippen molar-refractivity contribution in [2.24, 2.45) is 11.8 Å². The van der Waals surface area contributed by atoms with Crippen molar-refractivity contribution in [1.29, 1.82) is 0 Å². The number of nitrogens with zero attached hydrogens (tertiary/aromatic N) is 4. The number of aromatic hydroxyl groups is 2. The smallest absolute Gasteiger partial charge is 0.507 e. The molecule has 0 amide bonds. The molecule has 26 heteroatoms. The molecule has 2 aliphatic carbocycles. The molecule has 2 aliphatic rings. The summed E-state index contributed by atoms with van der Waals surface area (Å²) >= 11 is 2.06. The number of aldehydes is 2. The second-order valence-electron chi connectivity index (χ2n) is 16.8. The summed E-state index contributed by atoms with van der Waals surface area (Å²) in [4.78, 5) is 88.4. The van der Waals surface area contributed by atoms with Gasteiger partial charge in [-0.05, 0) is 96.1 Å². The topological polar surface area (TPSA) is 313 Å². The third-order valence-electron chi connectivity index (χ3n) is 11.8. The molecule has 0 spiro atoms. The molecule has 0 unspecified atom stereocenters. The van der Waals surface area contributed by atoms with Crippen molar-refractivity contribution in [3.05, 3.63) is 113 Å². The number of phenols is 2. The van der Waals surface area contributed by atoms with Crippen molar-refractivity contribution in [2.45, 2.75) is 51.3 Å². The van der Waals surface area contributed by atoms with E-state index in [-0.39, 0.29) is 158 Å². The van der Waals surface area contributed by atoms with E-state index >= 15 is 0 Å². The average Bonchev–Trinajstić information content (AvgIpc) is 4.05. The Labute approximate surface area is 474 Å². The summed E-state index contributed by atoms with van der Waals surface area (Å²) in [7, 11) is -8.35. The van der Waals surface area contributed by atoms with Crippen LogP contribution in [-0.2, 0) is 48.8 Å². The minimum Gasteiger partial charge on any atom is -0.507 e. The zero-order valence-corrected chi connectivity index (χ0v) is 47.9. The summed E-state index contributed by atoms with van der Waals surface area (Å²) in [6.07, 6.45) is 3.06. The first-order chi connectivity index (χ1) is 34.1. The van der Waals surface area contributed by atoms with Crippen LogP contribution in [0.3, 0.4) is 0 Å².